The van der Waals surface area contributed by atoms with Gasteiger partial charge in [-0.05, 0) is 50.1 Å². The first-order valence-corrected chi connectivity index (χ1v) is 6.75. The summed E-state index contributed by atoms with van der Waals surface area (Å²) in [5.74, 6) is -0.472. The van der Waals surface area contributed by atoms with Crippen molar-refractivity contribution >= 4 is 5.91 Å². The summed E-state index contributed by atoms with van der Waals surface area (Å²) in [5, 5.41) is 2.81. The average molecular weight is 293 g/mol. The molecule has 1 heterocycles. The molecule has 0 spiro atoms. The average Bonchev–Trinajstić information content (AvgIpc) is 2.87. The van der Waals surface area contributed by atoms with Crippen molar-refractivity contribution in [3.05, 3.63) is 59.1 Å². The first kappa shape index (κ1) is 15.2. The minimum atomic E-state index is -0.896. The van der Waals surface area contributed by atoms with E-state index in [2.05, 4.69) is 5.32 Å². The molecule has 3 nitrogen and oxygen atoms in total. The van der Waals surface area contributed by atoms with Crippen molar-refractivity contribution in [2.24, 2.45) is 0 Å². The van der Waals surface area contributed by atoms with E-state index in [9.17, 15) is 13.6 Å². The summed E-state index contributed by atoms with van der Waals surface area (Å²) in [6.07, 6.45) is 0.558. The molecule has 1 unspecified atom stereocenters. The van der Waals surface area contributed by atoms with Gasteiger partial charge < -0.3 is 9.73 Å². The van der Waals surface area contributed by atoms with E-state index in [4.69, 9.17) is 4.42 Å². The number of hydrogen-bond acceptors (Lipinski definition) is 2. The normalized spacial score (nSPS) is 12.2. The van der Waals surface area contributed by atoms with Gasteiger partial charge in [-0.15, -0.1) is 0 Å². The van der Waals surface area contributed by atoms with E-state index in [-0.39, 0.29) is 18.4 Å². The number of carbonyl (C=O) groups excluding carboxylic acids is 1. The number of amides is 1. The number of aryl methyl sites for hydroxylation is 2. The molecule has 1 amide bonds. The summed E-state index contributed by atoms with van der Waals surface area (Å²) >= 11 is 0. The van der Waals surface area contributed by atoms with Crippen molar-refractivity contribution in [1.82, 2.24) is 5.32 Å². The molecular weight excluding hydrogens is 276 g/mol. The molecule has 0 aliphatic heterocycles. The van der Waals surface area contributed by atoms with Crippen LogP contribution < -0.4 is 5.32 Å². The van der Waals surface area contributed by atoms with Crippen LogP contribution in [0.4, 0.5) is 8.78 Å². The van der Waals surface area contributed by atoms with Crippen LogP contribution in [0.3, 0.4) is 0 Å². The molecule has 21 heavy (non-hydrogen) atoms. The molecule has 2 rings (SSSR count). The fourth-order valence-electron chi connectivity index (χ4n) is 2.02. The Bertz CT molecular complexity index is 637. The van der Waals surface area contributed by atoms with Crippen LogP contribution in [0.1, 0.15) is 36.5 Å². The second kappa shape index (κ2) is 6.52. The predicted molar refractivity (Wildman–Crippen MR) is 74.7 cm³/mol. The maximum Gasteiger partial charge on any atom is 0.220 e. The number of rotatable bonds is 5. The van der Waals surface area contributed by atoms with Crippen LogP contribution in [-0.4, -0.2) is 5.91 Å². The quantitative estimate of drug-likeness (QED) is 0.913. The monoisotopic (exact) mass is 293 g/mol. The van der Waals surface area contributed by atoms with Gasteiger partial charge in [-0.3, -0.25) is 4.79 Å². The SMILES string of the molecule is Cc1ccc(C(C)NC(=O)CCc2ccc(F)c(F)c2)o1. The largest absolute Gasteiger partial charge is 0.464 e. The second-order valence-electron chi connectivity index (χ2n) is 4.99. The summed E-state index contributed by atoms with van der Waals surface area (Å²) in [4.78, 5) is 11.8. The Morgan fingerprint density at radius 2 is 2.00 bits per heavy atom. The van der Waals surface area contributed by atoms with Gasteiger partial charge in [0.2, 0.25) is 5.91 Å². The summed E-state index contributed by atoms with van der Waals surface area (Å²) in [6, 6.07) is 7.08. The van der Waals surface area contributed by atoms with Crippen LogP contribution in [0.25, 0.3) is 0 Å². The molecule has 1 aromatic heterocycles. The summed E-state index contributed by atoms with van der Waals surface area (Å²) < 4.78 is 31.3. The highest BCUT2D eigenvalue weighted by Gasteiger charge is 2.13. The molecule has 0 saturated heterocycles. The van der Waals surface area contributed by atoms with E-state index < -0.39 is 11.6 Å². The Hall–Kier alpha value is -2.17. The molecule has 0 fully saturated rings. The molecule has 1 atom stereocenters. The zero-order chi connectivity index (χ0) is 15.4. The zero-order valence-electron chi connectivity index (χ0n) is 12.0. The standard InChI is InChI=1S/C16H17F2NO2/c1-10-3-7-15(21-10)11(2)19-16(20)8-5-12-4-6-13(17)14(18)9-12/h3-4,6-7,9,11H,5,8H2,1-2H3,(H,19,20). The topological polar surface area (TPSA) is 42.2 Å². The Labute approximate surface area is 122 Å². The first-order chi connectivity index (χ1) is 9.95. The van der Waals surface area contributed by atoms with Crippen molar-refractivity contribution in [2.45, 2.75) is 32.7 Å². The first-order valence-electron chi connectivity index (χ1n) is 6.75. The van der Waals surface area contributed by atoms with Gasteiger partial charge in [0.1, 0.15) is 11.5 Å². The highest BCUT2D eigenvalue weighted by atomic mass is 19.2. The van der Waals surface area contributed by atoms with Gasteiger partial charge in [-0.1, -0.05) is 6.07 Å². The fraction of sp³-hybridized carbons (Fsp3) is 0.312. The smallest absolute Gasteiger partial charge is 0.220 e. The van der Waals surface area contributed by atoms with E-state index in [0.29, 0.717) is 17.7 Å². The van der Waals surface area contributed by atoms with Crippen molar-refractivity contribution in [3.8, 4) is 0 Å². The molecule has 112 valence electrons. The fourth-order valence-corrected chi connectivity index (χ4v) is 2.02. The van der Waals surface area contributed by atoms with Gasteiger partial charge in [0.15, 0.2) is 11.6 Å². The van der Waals surface area contributed by atoms with Crippen LogP contribution in [0.2, 0.25) is 0 Å². The van der Waals surface area contributed by atoms with Crippen LogP contribution in [-0.2, 0) is 11.2 Å². The van der Waals surface area contributed by atoms with Crippen molar-refractivity contribution in [1.29, 1.82) is 0 Å². The molecule has 0 radical (unpaired) electrons. The van der Waals surface area contributed by atoms with Crippen LogP contribution >= 0.6 is 0 Å². The number of carbonyl (C=O) groups is 1. The molecule has 0 bridgehead atoms. The van der Waals surface area contributed by atoms with Crippen LogP contribution in [0, 0.1) is 18.6 Å². The van der Waals surface area contributed by atoms with E-state index in [0.717, 1.165) is 17.9 Å². The minimum Gasteiger partial charge on any atom is -0.464 e. The molecular formula is C16H17F2NO2. The third-order valence-corrected chi connectivity index (χ3v) is 3.19. The minimum absolute atomic E-state index is 0.165. The summed E-state index contributed by atoms with van der Waals surface area (Å²) in [7, 11) is 0. The van der Waals surface area contributed by atoms with Crippen LogP contribution in [0.5, 0.6) is 0 Å². The van der Waals surface area contributed by atoms with Crippen molar-refractivity contribution < 1.29 is 18.0 Å². The third kappa shape index (κ3) is 4.15. The van der Waals surface area contributed by atoms with Gasteiger partial charge in [0.25, 0.3) is 0 Å². The van der Waals surface area contributed by atoms with Crippen molar-refractivity contribution in [3.63, 3.8) is 0 Å². The second-order valence-corrected chi connectivity index (χ2v) is 4.99. The van der Waals surface area contributed by atoms with E-state index >= 15 is 0 Å². The van der Waals surface area contributed by atoms with Crippen LogP contribution in [0.15, 0.2) is 34.7 Å². The summed E-state index contributed by atoms with van der Waals surface area (Å²) in [6.45, 7) is 3.66. The number of hydrogen-bond donors (Lipinski definition) is 1. The number of benzene rings is 1. The maximum atomic E-state index is 13.0. The number of nitrogens with one attached hydrogen (secondary N) is 1. The van der Waals surface area contributed by atoms with E-state index in [1.165, 1.54) is 6.07 Å². The van der Waals surface area contributed by atoms with Gasteiger partial charge >= 0.3 is 0 Å². The van der Waals surface area contributed by atoms with E-state index in [1.807, 2.05) is 26.0 Å². The molecule has 2 aromatic rings. The molecule has 0 saturated carbocycles. The van der Waals surface area contributed by atoms with Crippen molar-refractivity contribution in [2.75, 3.05) is 0 Å². The highest BCUT2D eigenvalue weighted by molar-refractivity contribution is 5.76. The lowest BCUT2D eigenvalue weighted by atomic mass is 10.1. The van der Waals surface area contributed by atoms with Gasteiger partial charge in [-0.2, -0.15) is 0 Å². The van der Waals surface area contributed by atoms with Gasteiger partial charge in [-0.25, -0.2) is 8.78 Å². The zero-order valence-corrected chi connectivity index (χ0v) is 12.0. The lowest BCUT2D eigenvalue weighted by molar-refractivity contribution is -0.121. The Morgan fingerprint density at radius 1 is 1.24 bits per heavy atom. The van der Waals surface area contributed by atoms with Gasteiger partial charge in [0.05, 0.1) is 6.04 Å². The lowest BCUT2D eigenvalue weighted by Crippen LogP contribution is -2.26. The predicted octanol–water partition coefficient (Wildman–Crippen LogP) is 3.68. The lowest BCUT2D eigenvalue weighted by Gasteiger charge is -2.11. The molecule has 0 aliphatic carbocycles. The van der Waals surface area contributed by atoms with Gasteiger partial charge in [0, 0.05) is 6.42 Å². The number of halogens is 2. The molecule has 5 heteroatoms. The summed E-state index contributed by atoms with van der Waals surface area (Å²) in [5.41, 5.74) is 0.588. The number of furan rings is 1. The molecule has 0 aliphatic rings. The Balaban J connectivity index is 1.85. The molecule has 1 N–H and O–H groups in total. The van der Waals surface area contributed by atoms with E-state index in [1.54, 1.807) is 0 Å². The third-order valence-electron chi connectivity index (χ3n) is 3.19. The maximum absolute atomic E-state index is 13.0. The molecule has 1 aromatic carbocycles. The Kier molecular flexibility index (Phi) is 4.73. The highest BCUT2D eigenvalue weighted by Crippen LogP contribution is 2.16. The Morgan fingerprint density at radius 3 is 2.62 bits per heavy atom.